The van der Waals surface area contributed by atoms with E-state index >= 15 is 0 Å². The van der Waals surface area contributed by atoms with Crippen LogP contribution in [0.4, 0.5) is 5.69 Å². The van der Waals surface area contributed by atoms with Gasteiger partial charge in [-0.25, -0.2) is 4.98 Å². The van der Waals surface area contributed by atoms with Crippen molar-refractivity contribution in [2.75, 3.05) is 23.8 Å². The van der Waals surface area contributed by atoms with Crippen LogP contribution in [0.2, 0.25) is 0 Å². The first-order valence-electron chi connectivity index (χ1n) is 9.47. The van der Waals surface area contributed by atoms with Crippen LogP contribution in [0, 0.1) is 18.3 Å². The molecule has 0 aliphatic rings. The summed E-state index contributed by atoms with van der Waals surface area (Å²) in [7, 11) is 0. The molecule has 0 radical (unpaired) electrons. The van der Waals surface area contributed by atoms with Gasteiger partial charge in [-0.05, 0) is 43.7 Å². The van der Waals surface area contributed by atoms with Gasteiger partial charge in [0.25, 0.3) is 0 Å². The number of anilines is 1. The Morgan fingerprint density at radius 2 is 1.93 bits per heavy atom. The summed E-state index contributed by atoms with van der Waals surface area (Å²) < 4.78 is 5.01. The monoisotopic (exact) mass is 419 g/mol. The summed E-state index contributed by atoms with van der Waals surface area (Å²) in [6.07, 6.45) is 0. The van der Waals surface area contributed by atoms with Crippen LogP contribution in [0.3, 0.4) is 0 Å². The number of pyridine rings is 1. The number of carbonyl (C=O) groups is 2. The Labute approximate surface area is 179 Å². The minimum Gasteiger partial charge on any atom is -0.465 e. The number of amides is 1. The van der Waals surface area contributed by atoms with Gasteiger partial charge in [0.05, 0.1) is 23.4 Å². The quantitative estimate of drug-likeness (QED) is 0.423. The van der Waals surface area contributed by atoms with Crippen molar-refractivity contribution in [3.8, 4) is 6.07 Å². The molecule has 6 nitrogen and oxygen atoms in total. The number of ether oxygens (including phenoxy) is 1. The number of esters is 1. The Kier molecular flexibility index (Phi) is 7.04. The Morgan fingerprint density at radius 3 is 2.63 bits per heavy atom. The number of thioether (sulfide) groups is 1. The number of nitriles is 1. The molecule has 0 fully saturated rings. The number of hydrogen-bond acceptors (Lipinski definition) is 6. The van der Waals surface area contributed by atoms with Gasteiger partial charge in [0, 0.05) is 11.1 Å². The molecular formula is C23H21N3O3S. The third kappa shape index (κ3) is 5.16. The van der Waals surface area contributed by atoms with E-state index in [1.807, 2.05) is 31.2 Å². The van der Waals surface area contributed by atoms with Crippen LogP contribution in [0.5, 0.6) is 0 Å². The summed E-state index contributed by atoms with van der Waals surface area (Å²) >= 11 is 1.19. The fourth-order valence-corrected chi connectivity index (χ4v) is 3.76. The number of aryl methyl sites for hydroxylation is 1. The van der Waals surface area contributed by atoms with E-state index < -0.39 is 5.97 Å². The van der Waals surface area contributed by atoms with Crippen LogP contribution >= 0.6 is 11.8 Å². The van der Waals surface area contributed by atoms with E-state index in [-0.39, 0.29) is 24.8 Å². The molecule has 0 aliphatic heterocycles. The molecule has 0 N–H and O–H groups in total. The molecule has 0 saturated heterocycles. The molecule has 2 aromatic carbocycles. The second-order valence-corrected chi connectivity index (χ2v) is 7.52. The van der Waals surface area contributed by atoms with Gasteiger partial charge in [-0.2, -0.15) is 5.26 Å². The van der Waals surface area contributed by atoms with Crippen LogP contribution in [0.1, 0.15) is 18.1 Å². The molecule has 3 aromatic rings. The predicted molar refractivity (Wildman–Crippen MR) is 117 cm³/mol. The number of para-hydroxylation sites is 1. The maximum atomic E-state index is 13.0. The Hall–Kier alpha value is -3.37. The van der Waals surface area contributed by atoms with E-state index in [4.69, 9.17) is 4.74 Å². The minimum atomic E-state index is -0.475. The molecule has 0 saturated carbocycles. The topological polar surface area (TPSA) is 83.3 Å². The molecular weight excluding hydrogens is 398 g/mol. The highest BCUT2D eigenvalue weighted by atomic mass is 32.2. The summed E-state index contributed by atoms with van der Waals surface area (Å²) in [5.41, 5.74) is 2.87. The van der Waals surface area contributed by atoms with Crippen molar-refractivity contribution >= 4 is 40.2 Å². The van der Waals surface area contributed by atoms with Gasteiger partial charge in [0.15, 0.2) is 0 Å². The van der Waals surface area contributed by atoms with Crippen molar-refractivity contribution in [3.63, 3.8) is 0 Å². The van der Waals surface area contributed by atoms with Gasteiger partial charge < -0.3 is 9.64 Å². The normalized spacial score (nSPS) is 10.4. The zero-order valence-electron chi connectivity index (χ0n) is 16.8. The van der Waals surface area contributed by atoms with Gasteiger partial charge >= 0.3 is 5.97 Å². The van der Waals surface area contributed by atoms with E-state index in [1.54, 1.807) is 37.3 Å². The molecule has 30 heavy (non-hydrogen) atoms. The maximum Gasteiger partial charge on any atom is 0.326 e. The first-order valence-corrected chi connectivity index (χ1v) is 10.5. The Morgan fingerprint density at radius 1 is 1.17 bits per heavy atom. The van der Waals surface area contributed by atoms with Crippen molar-refractivity contribution in [2.24, 2.45) is 0 Å². The third-order valence-corrected chi connectivity index (χ3v) is 5.33. The Bertz CT molecular complexity index is 1110. The highest BCUT2D eigenvalue weighted by molar-refractivity contribution is 8.00. The van der Waals surface area contributed by atoms with Crippen LogP contribution in [-0.4, -0.2) is 35.8 Å². The van der Waals surface area contributed by atoms with E-state index in [0.717, 1.165) is 16.5 Å². The summed E-state index contributed by atoms with van der Waals surface area (Å²) in [4.78, 5) is 30.9. The van der Waals surface area contributed by atoms with Gasteiger partial charge in [-0.3, -0.25) is 9.59 Å². The molecule has 0 unspecified atom stereocenters. The molecule has 0 atom stereocenters. The lowest BCUT2D eigenvalue weighted by Gasteiger charge is -2.21. The first-order chi connectivity index (χ1) is 14.5. The number of fused-ring (bicyclic) bond motifs is 1. The number of hydrogen-bond donors (Lipinski definition) is 0. The molecule has 152 valence electrons. The zero-order valence-corrected chi connectivity index (χ0v) is 17.6. The zero-order chi connectivity index (χ0) is 21.5. The lowest BCUT2D eigenvalue weighted by atomic mass is 10.1. The molecule has 3 rings (SSSR count). The summed E-state index contributed by atoms with van der Waals surface area (Å²) in [5.74, 6) is -0.709. The van der Waals surface area contributed by atoms with Crippen molar-refractivity contribution < 1.29 is 14.3 Å². The van der Waals surface area contributed by atoms with Crippen molar-refractivity contribution in [1.29, 1.82) is 5.26 Å². The molecule has 0 aliphatic carbocycles. The SMILES string of the molecule is CCOC(=O)CN(C(=O)CSc1nc2cc(C)ccc2cc1C#N)c1ccccc1. The first kappa shape index (κ1) is 21.3. The number of carbonyl (C=O) groups excluding carboxylic acids is 2. The van der Waals surface area contributed by atoms with E-state index in [0.29, 0.717) is 16.3 Å². The minimum absolute atomic E-state index is 0.0350. The second kappa shape index (κ2) is 9.90. The molecule has 1 heterocycles. The van der Waals surface area contributed by atoms with E-state index in [1.165, 1.54) is 16.7 Å². The lowest BCUT2D eigenvalue weighted by Crippen LogP contribution is -2.37. The average molecular weight is 420 g/mol. The number of rotatable bonds is 7. The predicted octanol–water partition coefficient (Wildman–Crippen LogP) is 4.10. The van der Waals surface area contributed by atoms with Crippen molar-refractivity contribution in [1.82, 2.24) is 4.98 Å². The van der Waals surface area contributed by atoms with Gasteiger partial charge in [-0.1, -0.05) is 42.1 Å². The van der Waals surface area contributed by atoms with Crippen LogP contribution in [-0.2, 0) is 14.3 Å². The van der Waals surface area contributed by atoms with Crippen LogP contribution < -0.4 is 4.90 Å². The molecule has 1 amide bonds. The number of benzene rings is 2. The molecule has 1 aromatic heterocycles. The molecule has 0 bridgehead atoms. The van der Waals surface area contributed by atoms with Crippen molar-refractivity contribution in [2.45, 2.75) is 18.9 Å². The largest absolute Gasteiger partial charge is 0.465 e. The van der Waals surface area contributed by atoms with Gasteiger partial charge in [0.2, 0.25) is 5.91 Å². The summed E-state index contributed by atoms with van der Waals surface area (Å²) in [5, 5.41) is 10.9. The third-order valence-electron chi connectivity index (χ3n) is 4.35. The second-order valence-electron chi connectivity index (χ2n) is 6.56. The fourth-order valence-electron chi connectivity index (χ4n) is 2.92. The number of nitrogens with zero attached hydrogens (tertiary/aromatic N) is 3. The number of aromatic nitrogens is 1. The maximum absolute atomic E-state index is 13.0. The standard InChI is InChI=1S/C23H21N3O3S/c1-3-29-22(28)14-26(19-7-5-4-6-8-19)21(27)15-30-23-18(13-24)12-17-10-9-16(2)11-20(17)25-23/h4-12H,3,14-15H2,1-2H3. The van der Waals surface area contributed by atoms with Gasteiger partial charge in [-0.15, -0.1) is 0 Å². The lowest BCUT2D eigenvalue weighted by molar-refractivity contribution is -0.142. The fraction of sp³-hybridized carbons (Fsp3) is 0.217. The highest BCUT2D eigenvalue weighted by Gasteiger charge is 2.21. The van der Waals surface area contributed by atoms with Crippen LogP contribution in [0.15, 0.2) is 59.6 Å². The summed E-state index contributed by atoms with van der Waals surface area (Å²) in [6, 6.07) is 18.7. The van der Waals surface area contributed by atoms with Gasteiger partial charge in [0.1, 0.15) is 17.6 Å². The smallest absolute Gasteiger partial charge is 0.326 e. The van der Waals surface area contributed by atoms with Crippen molar-refractivity contribution in [3.05, 3.63) is 65.7 Å². The average Bonchev–Trinajstić information content (AvgIpc) is 2.76. The summed E-state index contributed by atoms with van der Waals surface area (Å²) in [6.45, 7) is 3.77. The Balaban J connectivity index is 1.82. The van der Waals surface area contributed by atoms with E-state index in [9.17, 15) is 14.9 Å². The molecule has 0 spiro atoms. The highest BCUT2D eigenvalue weighted by Crippen LogP contribution is 2.26. The molecule has 7 heteroatoms. The van der Waals surface area contributed by atoms with Crippen LogP contribution in [0.25, 0.3) is 10.9 Å². The van der Waals surface area contributed by atoms with E-state index in [2.05, 4.69) is 11.1 Å².